The van der Waals surface area contributed by atoms with Crippen LogP contribution in [-0.2, 0) is 0 Å². The molecule has 2 N–H and O–H groups in total. The van der Waals surface area contributed by atoms with Gasteiger partial charge in [-0.2, -0.15) is 5.10 Å². The van der Waals surface area contributed by atoms with E-state index >= 15 is 4.39 Å². The zero-order valence-corrected chi connectivity index (χ0v) is 23.1. The number of pyridine rings is 1. The fourth-order valence-corrected chi connectivity index (χ4v) is 6.05. The van der Waals surface area contributed by atoms with E-state index in [4.69, 9.17) is 4.74 Å². The summed E-state index contributed by atoms with van der Waals surface area (Å²) >= 11 is 0. The highest BCUT2D eigenvalue weighted by atomic mass is 19.1. The molecule has 10 heteroatoms. The quantitative estimate of drug-likeness (QED) is 0.348. The molecule has 3 aliphatic rings. The molecule has 3 fully saturated rings. The lowest BCUT2D eigenvalue weighted by molar-refractivity contribution is 0.0953. The minimum absolute atomic E-state index is 0.0786. The second kappa shape index (κ2) is 10.6. The van der Waals surface area contributed by atoms with E-state index in [2.05, 4.69) is 15.8 Å². The van der Waals surface area contributed by atoms with Crippen molar-refractivity contribution >= 4 is 34.4 Å². The number of piperidine rings is 1. The molecule has 2 aliphatic heterocycles. The van der Waals surface area contributed by atoms with Crippen molar-refractivity contribution in [3.8, 4) is 5.75 Å². The number of anilines is 2. The largest absolute Gasteiger partial charge is 0.492 e. The van der Waals surface area contributed by atoms with Crippen LogP contribution >= 0.6 is 0 Å². The highest BCUT2D eigenvalue weighted by Gasteiger charge is 2.38. The van der Waals surface area contributed by atoms with Gasteiger partial charge in [-0.05, 0) is 61.9 Å². The molecular weight excluding hydrogens is 511 g/mol. The number of carbonyl (C=O) groups excluding carboxylic acids is 1. The number of fused-ring (bicyclic) bond motifs is 2. The highest BCUT2D eigenvalue weighted by Crippen LogP contribution is 2.45. The molecule has 1 aliphatic carbocycles. The maximum absolute atomic E-state index is 15.8. The summed E-state index contributed by atoms with van der Waals surface area (Å²) in [6.07, 6.45) is 7.15. The van der Waals surface area contributed by atoms with Gasteiger partial charge in [0.25, 0.3) is 5.91 Å². The van der Waals surface area contributed by atoms with E-state index in [0.717, 1.165) is 50.0 Å². The summed E-state index contributed by atoms with van der Waals surface area (Å²) in [4.78, 5) is 30.7. The van der Waals surface area contributed by atoms with Gasteiger partial charge in [0.1, 0.15) is 11.3 Å². The summed E-state index contributed by atoms with van der Waals surface area (Å²) in [7, 11) is 5.43. The van der Waals surface area contributed by atoms with Gasteiger partial charge in [-0.3, -0.25) is 9.59 Å². The number of methoxy groups -OCH3 is 1. The first kappa shape index (κ1) is 26.3. The Morgan fingerprint density at radius 2 is 1.98 bits per heavy atom. The number of halogens is 1. The molecule has 0 spiro atoms. The maximum atomic E-state index is 15.8. The van der Waals surface area contributed by atoms with Crippen molar-refractivity contribution in [3.05, 3.63) is 63.7 Å². The molecular formula is C30H35FN6O3. The minimum Gasteiger partial charge on any atom is -0.492 e. The van der Waals surface area contributed by atoms with Gasteiger partial charge in [0.2, 0.25) is 5.43 Å². The van der Waals surface area contributed by atoms with E-state index in [1.54, 1.807) is 6.20 Å². The van der Waals surface area contributed by atoms with Crippen molar-refractivity contribution in [3.63, 3.8) is 0 Å². The minimum atomic E-state index is -0.638. The summed E-state index contributed by atoms with van der Waals surface area (Å²) in [5.74, 6) is -0.347. The van der Waals surface area contributed by atoms with Crippen LogP contribution in [0.15, 0.2) is 46.4 Å². The summed E-state index contributed by atoms with van der Waals surface area (Å²) in [6.45, 7) is 2.40. The van der Waals surface area contributed by atoms with Crippen LogP contribution in [0.1, 0.15) is 47.6 Å². The lowest BCUT2D eigenvalue weighted by atomic mass is 9.94. The third kappa shape index (κ3) is 4.81. The average Bonchev–Trinajstić information content (AvgIpc) is 3.71. The molecule has 1 aromatic heterocycles. The fraction of sp³-hybridized carbons (Fsp3) is 0.433. The Balaban J connectivity index is 1.34. The SMILES string of the molecule is COc1c(N2CC3CCCNC3C2)c(F)cc2c(=O)c(C(=O)N/N=C/c3ccc(N(C)C)cc3)cn(C3CC3)c12. The number of rotatable bonds is 7. The Labute approximate surface area is 232 Å². The van der Waals surface area contributed by atoms with E-state index in [-0.39, 0.29) is 17.0 Å². The zero-order chi connectivity index (χ0) is 28.0. The van der Waals surface area contributed by atoms with Crippen molar-refractivity contribution < 1.29 is 13.9 Å². The zero-order valence-electron chi connectivity index (χ0n) is 23.1. The molecule has 210 valence electrons. The van der Waals surface area contributed by atoms with Gasteiger partial charge in [-0.1, -0.05) is 12.1 Å². The standard InChI is InChI=1S/C30H35FN6O3/c1-35(2)20-8-6-18(7-9-20)14-33-34-30(39)23-16-37(21-10-11-21)26-22(28(23)38)13-24(31)27(29(26)40-3)36-15-19-5-4-12-32-25(19)17-36/h6-9,13-14,16,19,21,25,32H,4-5,10-12,15,17H2,1-3H3,(H,34,39)/b33-14+. The Hall–Kier alpha value is -3.92. The number of amides is 1. The number of carbonyl (C=O) groups is 1. The topological polar surface area (TPSA) is 91.2 Å². The second-order valence-electron chi connectivity index (χ2n) is 11.2. The number of nitrogens with one attached hydrogen (secondary N) is 2. The van der Waals surface area contributed by atoms with Gasteiger partial charge in [0.15, 0.2) is 11.6 Å². The third-order valence-corrected chi connectivity index (χ3v) is 8.29. The molecule has 3 aromatic rings. The average molecular weight is 547 g/mol. The Kier molecular flexibility index (Phi) is 6.95. The molecule has 40 heavy (non-hydrogen) atoms. The van der Waals surface area contributed by atoms with E-state index in [1.807, 2.05) is 52.7 Å². The molecule has 1 amide bonds. The van der Waals surface area contributed by atoms with Gasteiger partial charge in [-0.15, -0.1) is 0 Å². The predicted octanol–water partition coefficient (Wildman–Crippen LogP) is 3.50. The number of hydrogen-bond acceptors (Lipinski definition) is 7. The maximum Gasteiger partial charge on any atom is 0.276 e. The van der Waals surface area contributed by atoms with Gasteiger partial charge in [0, 0.05) is 51.2 Å². The van der Waals surface area contributed by atoms with Crippen molar-refractivity contribution in [1.82, 2.24) is 15.3 Å². The lowest BCUT2D eigenvalue weighted by Crippen LogP contribution is -2.40. The third-order valence-electron chi connectivity index (χ3n) is 8.29. The molecule has 2 aromatic carbocycles. The molecule has 0 bridgehead atoms. The summed E-state index contributed by atoms with van der Waals surface area (Å²) < 4.78 is 23.6. The number of benzene rings is 2. The van der Waals surface area contributed by atoms with Crippen LogP contribution in [0.5, 0.6) is 5.75 Å². The smallest absolute Gasteiger partial charge is 0.276 e. The first-order valence-corrected chi connectivity index (χ1v) is 13.9. The summed E-state index contributed by atoms with van der Waals surface area (Å²) in [6, 6.07) is 9.38. The van der Waals surface area contributed by atoms with Gasteiger partial charge >= 0.3 is 0 Å². The molecule has 1 saturated carbocycles. The molecule has 6 rings (SSSR count). The van der Waals surface area contributed by atoms with Crippen molar-refractivity contribution in [1.29, 1.82) is 0 Å². The number of nitrogens with zero attached hydrogens (tertiary/aromatic N) is 4. The molecule has 0 radical (unpaired) electrons. The Morgan fingerprint density at radius 1 is 1.20 bits per heavy atom. The Morgan fingerprint density at radius 3 is 2.65 bits per heavy atom. The Bertz CT molecular complexity index is 1520. The summed E-state index contributed by atoms with van der Waals surface area (Å²) in [5, 5.41) is 7.75. The van der Waals surface area contributed by atoms with Crippen LogP contribution in [0, 0.1) is 11.7 Å². The van der Waals surface area contributed by atoms with Crippen LogP contribution in [0.4, 0.5) is 15.8 Å². The van der Waals surface area contributed by atoms with Crippen molar-refractivity contribution in [2.45, 2.75) is 37.8 Å². The predicted molar refractivity (Wildman–Crippen MR) is 156 cm³/mol. The number of aromatic nitrogens is 1. The van der Waals surface area contributed by atoms with Crippen LogP contribution in [0.3, 0.4) is 0 Å². The number of hydrazone groups is 1. The molecule has 2 atom stereocenters. The van der Waals surface area contributed by atoms with Crippen LogP contribution < -0.4 is 30.7 Å². The van der Waals surface area contributed by atoms with Gasteiger partial charge < -0.3 is 24.4 Å². The number of ether oxygens (including phenoxy) is 1. The van der Waals surface area contributed by atoms with Crippen LogP contribution in [0.25, 0.3) is 10.9 Å². The fourth-order valence-electron chi connectivity index (χ4n) is 6.05. The van der Waals surface area contributed by atoms with Crippen molar-refractivity contribution in [2.24, 2.45) is 11.0 Å². The van der Waals surface area contributed by atoms with Crippen molar-refractivity contribution in [2.75, 3.05) is 50.6 Å². The highest BCUT2D eigenvalue weighted by molar-refractivity contribution is 6.00. The monoisotopic (exact) mass is 546 g/mol. The van der Waals surface area contributed by atoms with Gasteiger partial charge in [-0.25, -0.2) is 9.82 Å². The molecule has 2 saturated heterocycles. The van der Waals surface area contributed by atoms with Gasteiger partial charge in [0.05, 0.1) is 24.2 Å². The summed E-state index contributed by atoms with van der Waals surface area (Å²) in [5.41, 5.74) is 4.62. The second-order valence-corrected chi connectivity index (χ2v) is 11.2. The molecule has 3 heterocycles. The first-order valence-electron chi connectivity index (χ1n) is 13.9. The lowest BCUT2D eigenvalue weighted by Gasteiger charge is -2.25. The normalized spacial score (nSPS) is 20.6. The van der Waals surface area contributed by atoms with E-state index in [0.29, 0.717) is 35.5 Å². The van der Waals surface area contributed by atoms with Crippen LogP contribution in [-0.4, -0.2) is 63.6 Å². The van der Waals surface area contributed by atoms with E-state index < -0.39 is 17.2 Å². The van der Waals surface area contributed by atoms with E-state index in [1.165, 1.54) is 19.4 Å². The number of hydrogen-bond donors (Lipinski definition) is 2. The molecule has 2 unspecified atom stereocenters. The first-order chi connectivity index (χ1) is 19.4. The van der Waals surface area contributed by atoms with Crippen LogP contribution in [0.2, 0.25) is 0 Å². The van der Waals surface area contributed by atoms with E-state index in [9.17, 15) is 9.59 Å². The molecule has 9 nitrogen and oxygen atoms in total.